The topological polar surface area (TPSA) is 32.3 Å². The first-order valence-electron chi connectivity index (χ1n) is 3.35. The van der Waals surface area contributed by atoms with Crippen molar-refractivity contribution < 1.29 is 5.11 Å². The molecule has 0 amide bonds. The number of rotatable bonds is 1. The number of hydrogen-bond acceptors (Lipinski definition) is 2. The van der Waals surface area contributed by atoms with Gasteiger partial charge in [-0.2, -0.15) is 0 Å². The average molecular weight is 127 g/mol. The lowest BCUT2D eigenvalue weighted by atomic mass is 10.0. The van der Waals surface area contributed by atoms with Gasteiger partial charge in [-0.15, -0.1) is 0 Å². The Morgan fingerprint density at radius 2 is 2.44 bits per heavy atom. The van der Waals surface area contributed by atoms with Gasteiger partial charge >= 0.3 is 0 Å². The number of aliphatic hydroxyl groups excluding tert-OH is 1. The van der Waals surface area contributed by atoms with Gasteiger partial charge < -0.3 is 10.4 Å². The molecule has 1 aliphatic rings. The molecule has 2 nitrogen and oxygen atoms in total. The molecule has 2 heteroatoms. The highest BCUT2D eigenvalue weighted by Gasteiger charge is 2.12. The van der Waals surface area contributed by atoms with Gasteiger partial charge in [-0.25, -0.2) is 0 Å². The van der Waals surface area contributed by atoms with Crippen LogP contribution >= 0.6 is 0 Å². The molecule has 0 saturated carbocycles. The van der Waals surface area contributed by atoms with Crippen LogP contribution in [0.1, 0.15) is 12.8 Å². The Morgan fingerprint density at radius 1 is 1.67 bits per heavy atom. The first-order valence-corrected chi connectivity index (χ1v) is 3.35. The first-order chi connectivity index (χ1) is 4.33. The van der Waals surface area contributed by atoms with Crippen LogP contribution in [0.3, 0.4) is 0 Å². The SMILES string of the molecule is CNC1C=CCC(O)C1. The predicted octanol–water partition coefficient (Wildman–Crippen LogP) is 0.285. The van der Waals surface area contributed by atoms with Crippen molar-refractivity contribution in [3.8, 4) is 0 Å². The van der Waals surface area contributed by atoms with Crippen LogP contribution < -0.4 is 5.32 Å². The van der Waals surface area contributed by atoms with E-state index in [4.69, 9.17) is 5.11 Å². The third-order valence-electron chi connectivity index (χ3n) is 1.67. The van der Waals surface area contributed by atoms with Crippen LogP contribution in [-0.2, 0) is 0 Å². The number of aliphatic hydroxyl groups is 1. The third-order valence-corrected chi connectivity index (χ3v) is 1.67. The summed E-state index contributed by atoms with van der Waals surface area (Å²) in [6, 6.07) is 0.383. The van der Waals surface area contributed by atoms with Crippen molar-refractivity contribution >= 4 is 0 Å². The first kappa shape index (κ1) is 6.78. The molecular weight excluding hydrogens is 114 g/mol. The number of hydrogen-bond donors (Lipinski definition) is 2. The van der Waals surface area contributed by atoms with Crippen LogP contribution in [-0.4, -0.2) is 24.3 Å². The highest BCUT2D eigenvalue weighted by molar-refractivity contribution is 4.99. The number of nitrogens with one attached hydrogen (secondary N) is 1. The second-order valence-electron chi connectivity index (χ2n) is 2.45. The minimum Gasteiger partial charge on any atom is -0.393 e. The summed E-state index contributed by atoms with van der Waals surface area (Å²) in [5, 5.41) is 12.2. The van der Waals surface area contributed by atoms with Crippen LogP contribution in [0.2, 0.25) is 0 Å². The molecule has 2 atom stereocenters. The monoisotopic (exact) mass is 127 g/mol. The van der Waals surface area contributed by atoms with E-state index in [0.717, 1.165) is 12.8 Å². The maximum Gasteiger partial charge on any atom is 0.0592 e. The van der Waals surface area contributed by atoms with Gasteiger partial charge in [0.05, 0.1) is 6.10 Å². The maximum absolute atomic E-state index is 9.12. The third kappa shape index (κ3) is 1.80. The molecular formula is C7H13NO. The fourth-order valence-corrected chi connectivity index (χ4v) is 1.08. The lowest BCUT2D eigenvalue weighted by molar-refractivity contribution is 0.154. The van der Waals surface area contributed by atoms with E-state index in [9.17, 15) is 0 Å². The normalized spacial score (nSPS) is 34.9. The van der Waals surface area contributed by atoms with Crippen molar-refractivity contribution in [3.05, 3.63) is 12.2 Å². The maximum atomic E-state index is 9.12. The molecule has 0 aromatic carbocycles. The highest BCUT2D eigenvalue weighted by atomic mass is 16.3. The molecule has 1 rings (SSSR count). The van der Waals surface area contributed by atoms with Crippen LogP contribution in [0.25, 0.3) is 0 Å². The van der Waals surface area contributed by atoms with Gasteiger partial charge in [0.1, 0.15) is 0 Å². The minimum absolute atomic E-state index is 0.132. The predicted molar refractivity (Wildman–Crippen MR) is 37.2 cm³/mol. The van der Waals surface area contributed by atoms with Crippen molar-refractivity contribution in [1.82, 2.24) is 5.32 Å². The Hall–Kier alpha value is -0.340. The molecule has 0 aromatic rings. The second kappa shape index (κ2) is 2.99. The summed E-state index contributed by atoms with van der Waals surface area (Å²) in [6.07, 6.45) is 5.67. The lowest BCUT2D eigenvalue weighted by Gasteiger charge is -2.19. The lowest BCUT2D eigenvalue weighted by Crippen LogP contribution is -2.30. The van der Waals surface area contributed by atoms with Gasteiger partial charge in [0, 0.05) is 6.04 Å². The summed E-state index contributed by atoms with van der Waals surface area (Å²) < 4.78 is 0. The second-order valence-corrected chi connectivity index (χ2v) is 2.45. The molecule has 0 bridgehead atoms. The summed E-state index contributed by atoms with van der Waals surface area (Å²) in [5.74, 6) is 0. The zero-order chi connectivity index (χ0) is 6.69. The molecule has 0 heterocycles. The van der Waals surface area contributed by atoms with Crippen molar-refractivity contribution in [3.63, 3.8) is 0 Å². The Balaban J connectivity index is 2.39. The molecule has 0 fully saturated rings. The fourth-order valence-electron chi connectivity index (χ4n) is 1.08. The zero-order valence-corrected chi connectivity index (χ0v) is 5.67. The highest BCUT2D eigenvalue weighted by Crippen LogP contribution is 2.10. The Labute approximate surface area is 55.6 Å². The van der Waals surface area contributed by atoms with Crippen LogP contribution in [0.4, 0.5) is 0 Å². The van der Waals surface area contributed by atoms with Crippen LogP contribution in [0, 0.1) is 0 Å². The van der Waals surface area contributed by atoms with Crippen LogP contribution in [0.15, 0.2) is 12.2 Å². The Bertz CT molecular complexity index is 111. The molecule has 0 saturated heterocycles. The minimum atomic E-state index is -0.132. The molecule has 0 spiro atoms. The van der Waals surface area contributed by atoms with E-state index < -0.39 is 0 Å². The summed E-state index contributed by atoms with van der Waals surface area (Å²) in [6.45, 7) is 0. The molecule has 0 aliphatic heterocycles. The van der Waals surface area contributed by atoms with Crippen LogP contribution in [0.5, 0.6) is 0 Å². The van der Waals surface area contributed by atoms with E-state index in [1.165, 1.54) is 0 Å². The van der Waals surface area contributed by atoms with Gasteiger partial charge in [0.15, 0.2) is 0 Å². The molecule has 2 N–H and O–H groups in total. The van der Waals surface area contributed by atoms with E-state index in [1.54, 1.807) is 0 Å². The van der Waals surface area contributed by atoms with Gasteiger partial charge in [0.2, 0.25) is 0 Å². The van der Waals surface area contributed by atoms with E-state index >= 15 is 0 Å². The summed E-state index contributed by atoms with van der Waals surface area (Å²) in [5.41, 5.74) is 0. The van der Waals surface area contributed by atoms with E-state index in [1.807, 2.05) is 13.1 Å². The average Bonchev–Trinajstić information content (AvgIpc) is 1.88. The molecule has 0 aromatic heterocycles. The Kier molecular flexibility index (Phi) is 2.25. The summed E-state index contributed by atoms with van der Waals surface area (Å²) in [7, 11) is 1.91. The van der Waals surface area contributed by atoms with E-state index in [-0.39, 0.29) is 6.10 Å². The largest absolute Gasteiger partial charge is 0.393 e. The molecule has 52 valence electrons. The molecule has 9 heavy (non-hydrogen) atoms. The molecule has 0 radical (unpaired) electrons. The zero-order valence-electron chi connectivity index (χ0n) is 5.67. The van der Waals surface area contributed by atoms with E-state index in [2.05, 4.69) is 11.4 Å². The fraction of sp³-hybridized carbons (Fsp3) is 0.714. The standard InChI is InChI=1S/C7H13NO/c1-8-6-3-2-4-7(9)5-6/h2-3,6-9H,4-5H2,1H3. The van der Waals surface area contributed by atoms with Crippen molar-refractivity contribution in [2.24, 2.45) is 0 Å². The van der Waals surface area contributed by atoms with E-state index in [0.29, 0.717) is 6.04 Å². The smallest absolute Gasteiger partial charge is 0.0592 e. The van der Waals surface area contributed by atoms with Gasteiger partial charge in [-0.1, -0.05) is 12.2 Å². The molecule has 2 unspecified atom stereocenters. The summed E-state index contributed by atoms with van der Waals surface area (Å²) >= 11 is 0. The Morgan fingerprint density at radius 3 is 2.89 bits per heavy atom. The van der Waals surface area contributed by atoms with Gasteiger partial charge in [-0.3, -0.25) is 0 Å². The quantitative estimate of drug-likeness (QED) is 0.496. The van der Waals surface area contributed by atoms with Crippen molar-refractivity contribution in [2.75, 3.05) is 7.05 Å². The van der Waals surface area contributed by atoms with Gasteiger partial charge in [-0.05, 0) is 19.9 Å². The van der Waals surface area contributed by atoms with Crippen molar-refractivity contribution in [1.29, 1.82) is 0 Å². The number of likely N-dealkylation sites (N-methyl/N-ethyl adjacent to an activating group) is 1. The van der Waals surface area contributed by atoms with Crippen molar-refractivity contribution in [2.45, 2.75) is 25.0 Å². The van der Waals surface area contributed by atoms with Gasteiger partial charge in [0.25, 0.3) is 0 Å². The molecule has 1 aliphatic carbocycles. The summed E-state index contributed by atoms with van der Waals surface area (Å²) in [4.78, 5) is 0.